The van der Waals surface area contributed by atoms with Crippen molar-refractivity contribution in [2.24, 2.45) is 0 Å². The van der Waals surface area contributed by atoms with Gasteiger partial charge in [-0.2, -0.15) is 0 Å². The number of rotatable bonds is 2. The van der Waals surface area contributed by atoms with E-state index in [1.807, 2.05) is 0 Å². The Hall–Kier alpha value is -2.10. The molecule has 0 saturated heterocycles. The fraction of sp³-hybridized carbons (Fsp3) is 0.0833. The number of carbonyl (C=O) groups is 1. The molecule has 0 spiro atoms. The number of benzene rings is 1. The Bertz CT molecular complexity index is 523. The zero-order chi connectivity index (χ0) is 11.5. The molecule has 16 heavy (non-hydrogen) atoms. The molecule has 0 saturated carbocycles. The lowest BCUT2D eigenvalue weighted by atomic mass is 10.1. The first kappa shape index (κ1) is 10.4. The quantitative estimate of drug-likeness (QED) is 0.722. The average molecular weight is 216 g/mol. The largest absolute Gasteiger partial charge is 0.287 e. The van der Waals surface area contributed by atoms with Crippen LogP contribution in [0.3, 0.4) is 0 Å². The molecule has 1 heterocycles. The molecule has 80 valence electrons. The zero-order valence-electron chi connectivity index (χ0n) is 8.64. The molecule has 0 amide bonds. The first-order valence-corrected chi connectivity index (χ1v) is 4.76. The van der Waals surface area contributed by atoms with E-state index in [1.54, 1.807) is 13.0 Å². The molecule has 0 aliphatic carbocycles. The maximum absolute atomic E-state index is 13.3. The summed E-state index contributed by atoms with van der Waals surface area (Å²) in [5.41, 5.74) is 0.876. The van der Waals surface area contributed by atoms with Crippen molar-refractivity contribution in [1.82, 2.24) is 9.97 Å². The maximum Gasteiger partial charge on any atom is 0.215 e. The van der Waals surface area contributed by atoms with Crippen LogP contribution in [0.2, 0.25) is 0 Å². The van der Waals surface area contributed by atoms with Crippen LogP contribution in [0.25, 0.3) is 0 Å². The van der Waals surface area contributed by atoms with Gasteiger partial charge in [0.1, 0.15) is 11.5 Å². The molecule has 0 radical (unpaired) electrons. The van der Waals surface area contributed by atoms with Crippen molar-refractivity contribution in [3.8, 4) is 0 Å². The number of carbonyl (C=O) groups excluding carboxylic acids is 1. The zero-order valence-corrected chi connectivity index (χ0v) is 8.64. The summed E-state index contributed by atoms with van der Waals surface area (Å²) < 4.78 is 13.3. The monoisotopic (exact) mass is 216 g/mol. The second-order valence-electron chi connectivity index (χ2n) is 3.35. The molecule has 0 aliphatic heterocycles. The van der Waals surface area contributed by atoms with E-state index < -0.39 is 11.6 Å². The fourth-order valence-electron chi connectivity index (χ4n) is 1.29. The highest BCUT2D eigenvalue weighted by atomic mass is 19.1. The highest BCUT2D eigenvalue weighted by molar-refractivity contribution is 6.07. The van der Waals surface area contributed by atoms with Gasteiger partial charge in [0.25, 0.3) is 0 Å². The van der Waals surface area contributed by atoms with Crippen LogP contribution >= 0.6 is 0 Å². The number of hydrogen-bond donors (Lipinski definition) is 0. The molecule has 0 fully saturated rings. The molecule has 0 N–H and O–H groups in total. The third-order valence-electron chi connectivity index (χ3n) is 2.13. The molecule has 1 aromatic heterocycles. The SMILES string of the molecule is Cc1cnc(C(=O)c2ccccc2F)cn1. The van der Waals surface area contributed by atoms with Crippen LogP contribution in [0, 0.1) is 12.7 Å². The van der Waals surface area contributed by atoms with Crippen molar-refractivity contribution in [1.29, 1.82) is 0 Å². The minimum absolute atomic E-state index is 0.0145. The van der Waals surface area contributed by atoms with E-state index in [-0.39, 0.29) is 11.3 Å². The summed E-state index contributed by atoms with van der Waals surface area (Å²) in [5, 5.41) is 0. The van der Waals surface area contributed by atoms with Crippen LogP contribution in [-0.2, 0) is 0 Å². The summed E-state index contributed by atoms with van der Waals surface area (Å²) in [6.45, 7) is 1.77. The lowest BCUT2D eigenvalue weighted by Gasteiger charge is -2.01. The van der Waals surface area contributed by atoms with E-state index in [4.69, 9.17) is 0 Å². The van der Waals surface area contributed by atoms with Crippen molar-refractivity contribution in [2.45, 2.75) is 6.92 Å². The van der Waals surface area contributed by atoms with E-state index in [2.05, 4.69) is 9.97 Å². The molecule has 0 aliphatic rings. The smallest absolute Gasteiger partial charge is 0.215 e. The van der Waals surface area contributed by atoms with E-state index in [0.29, 0.717) is 5.69 Å². The van der Waals surface area contributed by atoms with Crippen LogP contribution in [-0.4, -0.2) is 15.8 Å². The minimum Gasteiger partial charge on any atom is -0.287 e. The second-order valence-corrected chi connectivity index (χ2v) is 3.35. The van der Waals surface area contributed by atoms with E-state index >= 15 is 0 Å². The predicted molar refractivity (Wildman–Crippen MR) is 56.6 cm³/mol. The molecule has 2 rings (SSSR count). The minimum atomic E-state index is -0.546. The van der Waals surface area contributed by atoms with Crippen molar-refractivity contribution in [3.63, 3.8) is 0 Å². The number of aromatic nitrogens is 2. The summed E-state index contributed by atoms with van der Waals surface area (Å²) >= 11 is 0. The van der Waals surface area contributed by atoms with Gasteiger partial charge in [-0.05, 0) is 19.1 Å². The standard InChI is InChI=1S/C12H9FN2O/c1-8-6-15-11(7-14-8)12(16)9-4-2-3-5-10(9)13/h2-7H,1H3. The number of hydrogen-bond acceptors (Lipinski definition) is 3. The summed E-state index contributed by atoms with van der Waals surface area (Å²) in [6, 6.07) is 5.82. The van der Waals surface area contributed by atoms with Gasteiger partial charge in [0.15, 0.2) is 0 Å². The molecule has 1 aromatic carbocycles. The van der Waals surface area contributed by atoms with Gasteiger partial charge >= 0.3 is 0 Å². The van der Waals surface area contributed by atoms with Crippen molar-refractivity contribution >= 4 is 5.78 Å². The van der Waals surface area contributed by atoms with Gasteiger partial charge in [-0.25, -0.2) is 9.37 Å². The Labute approximate surface area is 92.0 Å². The molecule has 3 nitrogen and oxygen atoms in total. The summed E-state index contributed by atoms with van der Waals surface area (Å²) in [5.74, 6) is -1.000. The first-order chi connectivity index (χ1) is 7.68. The fourth-order valence-corrected chi connectivity index (χ4v) is 1.29. The second kappa shape index (κ2) is 4.18. The average Bonchev–Trinajstić information content (AvgIpc) is 2.30. The third kappa shape index (κ3) is 1.95. The van der Waals surface area contributed by atoms with Gasteiger partial charge in [-0.15, -0.1) is 0 Å². The van der Waals surface area contributed by atoms with Gasteiger partial charge in [0.2, 0.25) is 5.78 Å². The normalized spacial score (nSPS) is 10.1. The van der Waals surface area contributed by atoms with Crippen molar-refractivity contribution < 1.29 is 9.18 Å². The van der Waals surface area contributed by atoms with E-state index in [1.165, 1.54) is 30.6 Å². The van der Waals surface area contributed by atoms with Gasteiger partial charge in [-0.1, -0.05) is 12.1 Å². The highest BCUT2D eigenvalue weighted by Crippen LogP contribution is 2.11. The molecule has 4 heteroatoms. The summed E-state index contributed by atoms with van der Waals surface area (Å²) in [7, 11) is 0. The molecular weight excluding hydrogens is 207 g/mol. The summed E-state index contributed by atoms with van der Waals surface area (Å²) in [6.07, 6.45) is 2.83. The number of ketones is 1. The Morgan fingerprint density at radius 3 is 2.56 bits per heavy atom. The van der Waals surface area contributed by atoms with Crippen LogP contribution < -0.4 is 0 Å². The molecule has 2 aromatic rings. The Morgan fingerprint density at radius 1 is 1.19 bits per heavy atom. The van der Waals surface area contributed by atoms with Gasteiger partial charge < -0.3 is 0 Å². The molecule has 0 unspecified atom stereocenters. The summed E-state index contributed by atoms with van der Waals surface area (Å²) in [4.78, 5) is 19.7. The Morgan fingerprint density at radius 2 is 1.94 bits per heavy atom. The number of nitrogens with zero attached hydrogens (tertiary/aromatic N) is 2. The molecule has 0 atom stereocenters. The van der Waals surface area contributed by atoms with E-state index in [9.17, 15) is 9.18 Å². The van der Waals surface area contributed by atoms with Crippen LogP contribution in [0.1, 0.15) is 21.7 Å². The topological polar surface area (TPSA) is 42.9 Å². The van der Waals surface area contributed by atoms with Gasteiger partial charge in [0.05, 0.1) is 17.5 Å². The van der Waals surface area contributed by atoms with Gasteiger partial charge in [0, 0.05) is 6.20 Å². The first-order valence-electron chi connectivity index (χ1n) is 4.76. The van der Waals surface area contributed by atoms with Crippen molar-refractivity contribution in [2.75, 3.05) is 0 Å². The molecular formula is C12H9FN2O. The van der Waals surface area contributed by atoms with Crippen LogP contribution in [0.5, 0.6) is 0 Å². The lowest BCUT2D eigenvalue weighted by molar-refractivity contribution is 0.103. The third-order valence-corrected chi connectivity index (χ3v) is 2.13. The lowest BCUT2D eigenvalue weighted by Crippen LogP contribution is -2.07. The van der Waals surface area contributed by atoms with E-state index in [0.717, 1.165) is 0 Å². The molecule has 0 bridgehead atoms. The van der Waals surface area contributed by atoms with Crippen molar-refractivity contribution in [3.05, 3.63) is 59.4 Å². The van der Waals surface area contributed by atoms with Gasteiger partial charge in [-0.3, -0.25) is 9.78 Å². The maximum atomic E-state index is 13.3. The highest BCUT2D eigenvalue weighted by Gasteiger charge is 2.14. The van der Waals surface area contributed by atoms with Crippen LogP contribution in [0.15, 0.2) is 36.7 Å². The predicted octanol–water partition coefficient (Wildman–Crippen LogP) is 2.16. The number of aryl methyl sites for hydroxylation is 1. The van der Waals surface area contributed by atoms with Crippen LogP contribution in [0.4, 0.5) is 4.39 Å². The Kier molecular flexibility index (Phi) is 2.72. The Balaban J connectivity index is 2.40. The number of halogens is 1.